The van der Waals surface area contributed by atoms with Gasteiger partial charge in [0.1, 0.15) is 0 Å². The van der Waals surface area contributed by atoms with Crippen molar-refractivity contribution >= 4 is 11.8 Å². The summed E-state index contributed by atoms with van der Waals surface area (Å²) >= 11 is 0. The highest BCUT2D eigenvalue weighted by Crippen LogP contribution is 2.23. The Bertz CT molecular complexity index is 883. The number of amides is 2. The van der Waals surface area contributed by atoms with Crippen LogP contribution in [0.3, 0.4) is 0 Å². The summed E-state index contributed by atoms with van der Waals surface area (Å²) in [7, 11) is 0. The minimum atomic E-state index is -0.173. The maximum atomic E-state index is 13.3. The topological polar surface area (TPSA) is 40.6 Å². The van der Waals surface area contributed by atoms with Crippen molar-refractivity contribution in [2.75, 3.05) is 26.2 Å². The van der Waals surface area contributed by atoms with Crippen molar-refractivity contribution in [1.29, 1.82) is 0 Å². The van der Waals surface area contributed by atoms with Crippen molar-refractivity contribution in [3.8, 4) is 0 Å². The van der Waals surface area contributed by atoms with Crippen molar-refractivity contribution in [3.05, 3.63) is 70.8 Å². The van der Waals surface area contributed by atoms with E-state index in [1.54, 1.807) is 0 Å². The molecule has 1 aliphatic rings. The molecule has 1 fully saturated rings. The van der Waals surface area contributed by atoms with E-state index in [1.807, 2.05) is 23.6 Å². The summed E-state index contributed by atoms with van der Waals surface area (Å²) in [6.07, 6.45) is 2.93. The van der Waals surface area contributed by atoms with Gasteiger partial charge >= 0.3 is 0 Å². The molecule has 3 rings (SSSR count). The summed E-state index contributed by atoms with van der Waals surface area (Å²) in [6.45, 7) is 15.5. The quantitative estimate of drug-likeness (QED) is 0.465. The van der Waals surface area contributed by atoms with Crippen molar-refractivity contribution in [3.63, 3.8) is 0 Å². The third-order valence-electron chi connectivity index (χ3n) is 7.11. The van der Waals surface area contributed by atoms with Gasteiger partial charge in [-0.1, -0.05) is 76.2 Å². The van der Waals surface area contributed by atoms with E-state index in [2.05, 4.69) is 76.2 Å². The lowest BCUT2D eigenvalue weighted by Crippen LogP contribution is -2.40. The lowest BCUT2D eigenvalue weighted by molar-refractivity contribution is -0.134. The Labute approximate surface area is 212 Å². The molecule has 0 aliphatic carbocycles. The smallest absolute Gasteiger partial charge is 0.229 e. The van der Waals surface area contributed by atoms with Crippen LogP contribution in [0.5, 0.6) is 0 Å². The molecular weight excluding hydrogens is 432 g/mol. The van der Waals surface area contributed by atoms with E-state index in [1.165, 1.54) is 11.1 Å². The van der Waals surface area contributed by atoms with E-state index < -0.39 is 0 Å². The summed E-state index contributed by atoms with van der Waals surface area (Å²) in [5.41, 5.74) is 4.76. The highest BCUT2D eigenvalue weighted by Gasteiger charge is 2.28. The van der Waals surface area contributed by atoms with Gasteiger partial charge in [0.15, 0.2) is 0 Å². The van der Waals surface area contributed by atoms with Crippen LogP contribution in [0.25, 0.3) is 0 Å². The van der Waals surface area contributed by atoms with Crippen LogP contribution in [0.2, 0.25) is 0 Å². The SMILES string of the molecule is CC(C)Cc1ccc(C(C)C(=O)N2CCCN(C(=O)C(C)c3ccc(CC(C)C)cc3)CC2)cc1. The molecule has 0 aromatic heterocycles. The Morgan fingerprint density at radius 3 is 1.26 bits per heavy atom. The molecule has 2 aromatic rings. The van der Waals surface area contributed by atoms with Gasteiger partial charge < -0.3 is 9.80 Å². The molecule has 2 aromatic carbocycles. The Morgan fingerprint density at radius 1 is 0.600 bits per heavy atom. The van der Waals surface area contributed by atoms with Gasteiger partial charge in [-0.15, -0.1) is 0 Å². The Morgan fingerprint density at radius 2 is 0.943 bits per heavy atom. The van der Waals surface area contributed by atoms with Gasteiger partial charge in [0.05, 0.1) is 11.8 Å². The van der Waals surface area contributed by atoms with Crippen LogP contribution in [0, 0.1) is 11.8 Å². The molecule has 0 N–H and O–H groups in total. The monoisotopic (exact) mass is 476 g/mol. The lowest BCUT2D eigenvalue weighted by atomic mass is 9.95. The summed E-state index contributed by atoms with van der Waals surface area (Å²) in [5, 5.41) is 0. The molecule has 190 valence electrons. The number of benzene rings is 2. The number of nitrogens with zero attached hydrogens (tertiary/aromatic N) is 2. The highest BCUT2D eigenvalue weighted by molar-refractivity contribution is 5.85. The van der Waals surface area contributed by atoms with Crippen molar-refractivity contribution in [2.24, 2.45) is 11.8 Å². The first-order chi connectivity index (χ1) is 16.7. The zero-order valence-corrected chi connectivity index (χ0v) is 22.6. The zero-order chi connectivity index (χ0) is 25.5. The van der Waals surface area contributed by atoms with Gasteiger partial charge in [0.2, 0.25) is 11.8 Å². The van der Waals surface area contributed by atoms with Crippen LogP contribution < -0.4 is 0 Å². The van der Waals surface area contributed by atoms with Crippen LogP contribution in [0.15, 0.2) is 48.5 Å². The zero-order valence-electron chi connectivity index (χ0n) is 22.6. The van der Waals surface area contributed by atoms with Gasteiger partial charge in [-0.05, 0) is 67.2 Å². The summed E-state index contributed by atoms with van der Waals surface area (Å²) < 4.78 is 0. The Balaban J connectivity index is 1.57. The van der Waals surface area contributed by atoms with Gasteiger partial charge in [-0.3, -0.25) is 9.59 Å². The highest BCUT2D eigenvalue weighted by atomic mass is 16.2. The second kappa shape index (κ2) is 12.4. The fourth-order valence-electron chi connectivity index (χ4n) is 5.02. The molecule has 1 aliphatic heterocycles. The molecule has 2 amide bonds. The van der Waals surface area contributed by atoms with Crippen LogP contribution in [0.1, 0.15) is 82.1 Å². The number of carbonyl (C=O) groups is 2. The number of carbonyl (C=O) groups excluding carboxylic acids is 2. The van der Waals surface area contributed by atoms with Crippen LogP contribution in [0.4, 0.5) is 0 Å². The number of hydrogen-bond donors (Lipinski definition) is 0. The average Bonchev–Trinajstić information content (AvgIpc) is 3.09. The molecule has 1 saturated heterocycles. The molecule has 1 heterocycles. The van der Waals surface area contributed by atoms with E-state index in [0.29, 0.717) is 38.0 Å². The van der Waals surface area contributed by atoms with E-state index in [0.717, 1.165) is 30.4 Å². The van der Waals surface area contributed by atoms with Gasteiger partial charge in [0, 0.05) is 26.2 Å². The standard InChI is InChI=1S/C31H44N2O2/c1-22(2)20-26-8-12-28(13-9-26)24(5)30(34)32-16-7-17-33(19-18-32)31(35)25(6)29-14-10-27(11-15-29)21-23(3)4/h8-15,22-25H,7,16-21H2,1-6H3. The molecule has 0 saturated carbocycles. The first kappa shape index (κ1) is 27.0. The average molecular weight is 477 g/mol. The summed E-state index contributed by atoms with van der Waals surface area (Å²) in [4.78, 5) is 30.5. The van der Waals surface area contributed by atoms with Crippen LogP contribution in [-0.4, -0.2) is 47.8 Å². The molecule has 4 nitrogen and oxygen atoms in total. The number of hydrogen-bond acceptors (Lipinski definition) is 2. The predicted molar refractivity (Wildman–Crippen MR) is 145 cm³/mol. The molecule has 35 heavy (non-hydrogen) atoms. The van der Waals surface area contributed by atoms with Crippen LogP contribution >= 0.6 is 0 Å². The molecule has 0 radical (unpaired) electrons. The van der Waals surface area contributed by atoms with Crippen LogP contribution in [-0.2, 0) is 22.4 Å². The largest absolute Gasteiger partial charge is 0.340 e. The summed E-state index contributed by atoms with van der Waals surface area (Å²) in [5.74, 6) is 1.21. The maximum Gasteiger partial charge on any atom is 0.229 e. The molecule has 2 unspecified atom stereocenters. The van der Waals surface area contributed by atoms with E-state index in [-0.39, 0.29) is 23.7 Å². The van der Waals surface area contributed by atoms with E-state index in [9.17, 15) is 9.59 Å². The van der Waals surface area contributed by atoms with Gasteiger partial charge in [-0.2, -0.15) is 0 Å². The fraction of sp³-hybridized carbons (Fsp3) is 0.548. The second-order valence-electron chi connectivity index (χ2n) is 11.1. The minimum Gasteiger partial charge on any atom is -0.340 e. The predicted octanol–water partition coefficient (Wildman–Crippen LogP) is 6.05. The normalized spacial score (nSPS) is 16.3. The van der Waals surface area contributed by atoms with Crippen molar-refractivity contribution < 1.29 is 9.59 Å². The van der Waals surface area contributed by atoms with Crippen molar-refractivity contribution in [2.45, 2.75) is 72.6 Å². The third-order valence-corrected chi connectivity index (χ3v) is 7.11. The first-order valence-corrected chi connectivity index (χ1v) is 13.4. The Kier molecular flexibility index (Phi) is 9.54. The molecular formula is C31H44N2O2. The first-order valence-electron chi connectivity index (χ1n) is 13.4. The van der Waals surface area contributed by atoms with Gasteiger partial charge in [0.25, 0.3) is 0 Å². The molecule has 2 atom stereocenters. The minimum absolute atomic E-state index is 0.157. The molecule has 0 bridgehead atoms. The van der Waals surface area contributed by atoms with E-state index in [4.69, 9.17) is 0 Å². The molecule has 4 heteroatoms. The Hall–Kier alpha value is -2.62. The molecule has 0 spiro atoms. The second-order valence-corrected chi connectivity index (χ2v) is 11.1. The third kappa shape index (κ3) is 7.43. The number of rotatable bonds is 8. The lowest BCUT2D eigenvalue weighted by Gasteiger charge is -2.26. The van der Waals surface area contributed by atoms with Crippen molar-refractivity contribution in [1.82, 2.24) is 9.80 Å². The van der Waals surface area contributed by atoms with Gasteiger partial charge in [-0.25, -0.2) is 0 Å². The maximum absolute atomic E-state index is 13.3. The fourth-order valence-corrected chi connectivity index (χ4v) is 5.02. The summed E-state index contributed by atoms with van der Waals surface area (Å²) in [6, 6.07) is 17.0. The van der Waals surface area contributed by atoms with E-state index >= 15 is 0 Å².